The van der Waals surface area contributed by atoms with Gasteiger partial charge in [0.15, 0.2) is 0 Å². The van der Waals surface area contributed by atoms with Crippen LogP contribution >= 0.6 is 11.6 Å². The quantitative estimate of drug-likeness (QED) is 0.925. The molecule has 2 rings (SSSR count). The number of rotatable bonds is 3. The first-order valence-corrected chi connectivity index (χ1v) is 5.65. The van der Waals surface area contributed by atoms with Gasteiger partial charge in [0.25, 0.3) is 6.43 Å². The molecule has 0 unspecified atom stereocenters. The third-order valence-electron chi connectivity index (χ3n) is 2.50. The van der Waals surface area contributed by atoms with Crippen LogP contribution in [0.2, 0.25) is 5.02 Å². The molecule has 0 aliphatic rings. The van der Waals surface area contributed by atoms with Crippen molar-refractivity contribution in [1.29, 1.82) is 0 Å². The van der Waals surface area contributed by atoms with Crippen molar-refractivity contribution in [2.45, 2.75) is 6.43 Å². The zero-order valence-electron chi connectivity index (χ0n) is 9.48. The summed E-state index contributed by atoms with van der Waals surface area (Å²) in [4.78, 5) is 14.5. The molecule has 1 N–H and O–H groups in total. The van der Waals surface area contributed by atoms with E-state index in [4.69, 9.17) is 16.7 Å². The van der Waals surface area contributed by atoms with Gasteiger partial charge in [0.1, 0.15) is 5.69 Å². The summed E-state index contributed by atoms with van der Waals surface area (Å²) in [5.74, 6) is -1.43. The van der Waals surface area contributed by atoms with Crippen molar-refractivity contribution >= 4 is 17.6 Å². The Morgan fingerprint density at radius 1 is 1.16 bits per heavy atom. The Balaban J connectivity index is 2.52. The van der Waals surface area contributed by atoms with Gasteiger partial charge < -0.3 is 5.11 Å². The molecule has 1 aromatic carbocycles. The molecular formula is C13H8ClF2NO2. The maximum Gasteiger partial charge on any atom is 0.337 e. The molecule has 19 heavy (non-hydrogen) atoms. The summed E-state index contributed by atoms with van der Waals surface area (Å²) in [5, 5.41) is 9.34. The molecule has 0 aliphatic carbocycles. The number of hydrogen-bond acceptors (Lipinski definition) is 2. The second kappa shape index (κ2) is 5.32. The van der Waals surface area contributed by atoms with Gasteiger partial charge in [-0.3, -0.25) is 0 Å². The minimum Gasteiger partial charge on any atom is -0.478 e. The molecule has 6 heteroatoms. The molecule has 0 aliphatic heterocycles. The minimum atomic E-state index is -2.95. The lowest BCUT2D eigenvalue weighted by Crippen LogP contribution is -2.06. The van der Waals surface area contributed by atoms with Gasteiger partial charge in [0.05, 0.1) is 11.3 Å². The lowest BCUT2D eigenvalue weighted by molar-refractivity contribution is 0.0682. The van der Waals surface area contributed by atoms with Gasteiger partial charge in [-0.25, -0.2) is 18.6 Å². The Morgan fingerprint density at radius 3 is 2.32 bits per heavy atom. The predicted molar refractivity (Wildman–Crippen MR) is 66.6 cm³/mol. The number of aromatic carboxylic acids is 1. The molecule has 2 aromatic rings. The summed E-state index contributed by atoms with van der Waals surface area (Å²) in [6.07, 6.45) is -2.95. The van der Waals surface area contributed by atoms with Crippen molar-refractivity contribution in [1.82, 2.24) is 4.98 Å². The first-order chi connectivity index (χ1) is 8.99. The van der Waals surface area contributed by atoms with E-state index in [-0.39, 0.29) is 5.69 Å². The molecule has 3 nitrogen and oxygen atoms in total. The molecule has 1 aromatic heterocycles. The number of benzene rings is 1. The second-order valence-electron chi connectivity index (χ2n) is 3.74. The summed E-state index contributed by atoms with van der Waals surface area (Å²) in [7, 11) is 0. The Kier molecular flexibility index (Phi) is 3.76. The maximum absolute atomic E-state index is 12.8. The van der Waals surface area contributed by atoms with E-state index in [0.717, 1.165) is 6.07 Å². The van der Waals surface area contributed by atoms with Crippen LogP contribution in [-0.4, -0.2) is 16.1 Å². The SMILES string of the molecule is O=C(O)c1ccc(-c2ccc(Cl)cc2)nc1C(F)F. The van der Waals surface area contributed by atoms with Crippen LogP contribution < -0.4 is 0 Å². The van der Waals surface area contributed by atoms with Crippen molar-refractivity contribution in [2.24, 2.45) is 0 Å². The zero-order valence-corrected chi connectivity index (χ0v) is 10.2. The number of nitrogens with zero attached hydrogens (tertiary/aromatic N) is 1. The number of alkyl halides is 2. The van der Waals surface area contributed by atoms with E-state index in [2.05, 4.69) is 4.98 Å². The Bertz CT molecular complexity index is 615. The molecule has 0 bridgehead atoms. The van der Waals surface area contributed by atoms with Crippen molar-refractivity contribution in [3.05, 3.63) is 52.7 Å². The van der Waals surface area contributed by atoms with Crippen molar-refractivity contribution in [3.63, 3.8) is 0 Å². The molecule has 0 spiro atoms. The number of aromatic nitrogens is 1. The molecule has 0 fully saturated rings. The van der Waals surface area contributed by atoms with Crippen LogP contribution in [0.5, 0.6) is 0 Å². The highest BCUT2D eigenvalue weighted by Crippen LogP contribution is 2.26. The van der Waals surface area contributed by atoms with Crippen LogP contribution in [0.15, 0.2) is 36.4 Å². The van der Waals surface area contributed by atoms with Gasteiger partial charge in [-0.2, -0.15) is 0 Å². The molecule has 0 saturated carbocycles. The van der Waals surface area contributed by atoms with Gasteiger partial charge in [-0.15, -0.1) is 0 Å². The number of halogens is 3. The van der Waals surface area contributed by atoms with Crippen LogP contribution in [0.3, 0.4) is 0 Å². The third-order valence-corrected chi connectivity index (χ3v) is 2.75. The highest BCUT2D eigenvalue weighted by molar-refractivity contribution is 6.30. The van der Waals surface area contributed by atoms with Crippen LogP contribution in [0.4, 0.5) is 8.78 Å². The van der Waals surface area contributed by atoms with Crippen LogP contribution in [0, 0.1) is 0 Å². The Morgan fingerprint density at radius 2 is 1.79 bits per heavy atom. The molecule has 1 heterocycles. The van der Waals surface area contributed by atoms with Crippen molar-refractivity contribution < 1.29 is 18.7 Å². The Hall–Kier alpha value is -2.01. The van der Waals surface area contributed by atoms with Crippen molar-refractivity contribution in [3.8, 4) is 11.3 Å². The number of carbonyl (C=O) groups is 1. The maximum atomic E-state index is 12.8. The zero-order chi connectivity index (χ0) is 14.0. The Labute approximate surface area is 112 Å². The first kappa shape index (κ1) is 13.4. The summed E-state index contributed by atoms with van der Waals surface area (Å²) in [5.41, 5.74) is -0.368. The molecule has 0 atom stereocenters. The molecular weight excluding hydrogens is 276 g/mol. The van der Waals surface area contributed by atoms with Crippen molar-refractivity contribution in [2.75, 3.05) is 0 Å². The van der Waals surface area contributed by atoms with E-state index in [0.29, 0.717) is 10.6 Å². The fourth-order valence-electron chi connectivity index (χ4n) is 1.60. The van der Waals surface area contributed by atoms with Gasteiger partial charge in [0, 0.05) is 10.6 Å². The molecule has 0 radical (unpaired) electrons. The van der Waals surface area contributed by atoms with Crippen LogP contribution in [0.25, 0.3) is 11.3 Å². The number of pyridine rings is 1. The van der Waals surface area contributed by atoms with E-state index in [9.17, 15) is 13.6 Å². The van der Waals surface area contributed by atoms with E-state index < -0.39 is 23.7 Å². The summed E-state index contributed by atoms with van der Waals surface area (Å²) >= 11 is 5.73. The van der Waals surface area contributed by atoms with E-state index in [1.54, 1.807) is 24.3 Å². The normalized spacial score (nSPS) is 10.7. The van der Waals surface area contributed by atoms with E-state index >= 15 is 0 Å². The average Bonchev–Trinajstić information content (AvgIpc) is 2.38. The average molecular weight is 284 g/mol. The fraction of sp³-hybridized carbons (Fsp3) is 0.0769. The summed E-state index contributed by atoms with van der Waals surface area (Å²) < 4.78 is 25.6. The van der Waals surface area contributed by atoms with Crippen LogP contribution in [0.1, 0.15) is 22.5 Å². The number of carboxylic acids is 1. The summed E-state index contributed by atoms with van der Waals surface area (Å²) in [6, 6.07) is 8.97. The second-order valence-corrected chi connectivity index (χ2v) is 4.18. The third kappa shape index (κ3) is 2.88. The van der Waals surface area contributed by atoms with Crippen LogP contribution in [-0.2, 0) is 0 Å². The highest BCUT2D eigenvalue weighted by Gasteiger charge is 2.20. The predicted octanol–water partition coefficient (Wildman–Crippen LogP) is 4.04. The fourth-order valence-corrected chi connectivity index (χ4v) is 1.73. The monoisotopic (exact) mass is 283 g/mol. The summed E-state index contributed by atoms with van der Waals surface area (Å²) in [6.45, 7) is 0. The number of carboxylic acid groups (broad SMARTS) is 1. The lowest BCUT2D eigenvalue weighted by atomic mass is 10.1. The minimum absolute atomic E-state index is 0.275. The lowest BCUT2D eigenvalue weighted by Gasteiger charge is -2.07. The molecule has 0 amide bonds. The smallest absolute Gasteiger partial charge is 0.337 e. The standard InChI is InChI=1S/C13H8ClF2NO2/c14-8-3-1-7(2-4-8)10-6-5-9(13(18)19)11(17-10)12(15)16/h1-6,12H,(H,18,19). The van der Waals surface area contributed by atoms with E-state index in [1.165, 1.54) is 6.07 Å². The number of hydrogen-bond donors (Lipinski definition) is 1. The molecule has 0 saturated heterocycles. The largest absolute Gasteiger partial charge is 0.478 e. The van der Waals surface area contributed by atoms with E-state index in [1.807, 2.05) is 0 Å². The van der Waals surface area contributed by atoms with Gasteiger partial charge in [-0.1, -0.05) is 23.7 Å². The first-order valence-electron chi connectivity index (χ1n) is 5.27. The van der Waals surface area contributed by atoms with Gasteiger partial charge in [0.2, 0.25) is 0 Å². The van der Waals surface area contributed by atoms with Gasteiger partial charge in [-0.05, 0) is 24.3 Å². The topological polar surface area (TPSA) is 50.2 Å². The molecule has 98 valence electrons. The van der Waals surface area contributed by atoms with Gasteiger partial charge >= 0.3 is 5.97 Å². The highest BCUT2D eigenvalue weighted by atomic mass is 35.5.